The van der Waals surface area contributed by atoms with Crippen molar-refractivity contribution in [1.29, 1.82) is 0 Å². The van der Waals surface area contributed by atoms with Crippen LogP contribution < -0.4 is 0 Å². The molecule has 0 nitrogen and oxygen atoms in total. The molecule has 0 amide bonds. The second-order valence-electron chi connectivity index (χ2n) is 2.24. The van der Waals surface area contributed by atoms with Crippen LogP contribution in [0.5, 0.6) is 0 Å². The van der Waals surface area contributed by atoms with E-state index in [1.807, 2.05) is 5.92 Å². The van der Waals surface area contributed by atoms with Crippen molar-refractivity contribution in [1.82, 2.24) is 0 Å². The first-order valence-electron chi connectivity index (χ1n) is 4.08. The molecule has 0 aliphatic heterocycles. The van der Waals surface area contributed by atoms with Gasteiger partial charge in [-0.25, -0.2) is 5.92 Å². The van der Waals surface area contributed by atoms with Gasteiger partial charge in [0.2, 0.25) is 0 Å². The van der Waals surface area contributed by atoms with E-state index in [0.717, 1.165) is 6.42 Å². The van der Waals surface area contributed by atoms with Gasteiger partial charge in [-0.3, -0.25) is 11.8 Å². The van der Waals surface area contributed by atoms with Gasteiger partial charge in [0, 0.05) is 0 Å². The van der Waals surface area contributed by atoms with Crippen molar-refractivity contribution in [2.75, 3.05) is 0 Å². The molecule has 0 saturated carbocycles. The normalized spacial score (nSPS) is 6.92. The van der Waals surface area contributed by atoms with Crippen LogP contribution in [0, 0.1) is 24.2 Å². The van der Waals surface area contributed by atoms with Gasteiger partial charge in [0.25, 0.3) is 0 Å². The Kier molecular flexibility index (Phi) is 21.3. The van der Waals surface area contributed by atoms with Crippen molar-refractivity contribution in [2.24, 2.45) is 0 Å². The van der Waals surface area contributed by atoms with E-state index in [4.69, 9.17) is 6.42 Å². The van der Waals surface area contributed by atoms with Crippen molar-refractivity contribution in [3.63, 3.8) is 0 Å². The first-order valence-corrected chi connectivity index (χ1v) is 11.0. The van der Waals surface area contributed by atoms with Gasteiger partial charge in [-0.15, -0.1) is 0 Å². The summed E-state index contributed by atoms with van der Waals surface area (Å²) in [5.74, 6) is 7.38. The maximum atomic E-state index is 6.50. The van der Waals surface area contributed by atoms with Gasteiger partial charge in [-0.1, -0.05) is 26.2 Å². The SMILES string of the molecule is [C-]#CC#CCCCCCC.[Zn+][Br]. The summed E-state index contributed by atoms with van der Waals surface area (Å²) in [5.41, 5.74) is 0. The van der Waals surface area contributed by atoms with Crippen LogP contribution in [0.25, 0.3) is 0 Å². The number of halogens is 1. The third kappa shape index (κ3) is 16.7. The van der Waals surface area contributed by atoms with Crippen molar-refractivity contribution in [3.8, 4) is 17.8 Å². The van der Waals surface area contributed by atoms with Gasteiger partial charge in [-0.05, 0) is 12.8 Å². The van der Waals surface area contributed by atoms with Crippen molar-refractivity contribution in [3.05, 3.63) is 6.42 Å². The minimum absolute atomic E-state index is 0.923. The van der Waals surface area contributed by atoms with Crippen LogP contribution in [-0.2, 0) is 16.3 Å². The Hall–Kier alpha value is 0.223. The molecule has 0 rings (SSSR count). The molecule has 0 fully saturated rings. The second kappa shape index (κ2) is 17.3. The van der Waals surface area contributed by atoms with E-state index in [1.54, 1.807) is 0 Å². The molecule has 0 saturated heterocycles. The second-order valence-corrected chi connectivity index (χ2v) is 2.24. The molecule has 2 heteroatoms. The Morgan fingerprint density at radius 1 is 1.25 bits per heavy atom. The summed E-state index contributed by atoms with van der Waals surface area (Å²) in [6, 6.07) is 0. The molecule has 0 aromatic heterocycles. The third-order valence-electron chi connectivity index (χ3n) is 1.31. The van der Waals surface area contributed by atoms with Gasteiger partial charge < -0.3 is 6.42 Å². The van der Waals surface area contributed by atoms with Crippen LogP contribution in [0.3, 0.4) is 0 Å². The predicted octanol–water partition coefficient (Wildman–Crippen LogP) is 3.39. The number of unbranched alkanes of at least 4 members (excludes halogenated alkanes) is 4. The summed E-state index contributed by atoms with van der Waals surface area (Å²) < 4.78 is 0. The molecular formula is C10H13BrZn. The van der Waals surface area contributed by atoms with Gasteiger partial charge in [-0.2, -0.15) is 0 Å². The van der Waals surface area contributed by atoms with E-state index in [1.165, 1.54) is 42.0 Å². The maximum absolute atomic E-state index is 6.50. The van der Waals surface area contributed by atoms with E-state index in [2.05, 4.69) is 32.4 Å². The molecular weight excluding hydrogens is 265 g/mol. The molecule has 0 atom stereocenters. The van der Waals surface area contributed by atoms with Crippen molar-refractivity contribution >= 4 is 13.6 Å². The number of hydrogen-bond donors (Lipinski definition) is 0. The summed E-state index contributed by atoms with van der Waals surface area (Å²) in [4.78, 5) is 0. The van der Waals surface area contributed by atoms with Crippen LogP contribution in [0.4, 0.5) is 0 Å². The topological polar surface area (TPSA) is 0 Å². The van der Waals surface area contributed by atoms with Crippen LogP contribution in [-0.4, -0.2) is 0 Å². The first kappa shape index (κ1) is 14.7. The summed E-state index contributed by atoms with van der Waals surface area (Å²) in [7, 11) is 0. The molecule has 0 bridgehead atoms. The van der Waals surface area contributed by atoms with Crippen LogP contribution in [0.2, 0.25) is 0 Å². The molecule has 0 aliphatic carbocycles. The molecule has 0 N–H and O–H groups in total. The van der Waals surface area contributed by atoms with Crippen LogP contribution >= 0.6 is 13.6 Å². The molecule has 0 aromatic carbocycles. The fourth-order valence-electron chi connectivity index (χ4n) is 0.747. The monoisotopic (exact) mass is 276 g/mol. The summed E-state index contributed by atoms with van der Waals surface area (Å²) in [5, 5.41) is 0. The molecule has 0 heterocycles. The Balaban J connectivity index is 0. The molecule has 0 spiro atoms. The standard InChI is InChI=1S/C10H13.BrH.Zn/c1-3-5-7-9-10-8-6-4-2;;/h3,5,7,9-10H2,1H3;1H;/q-1;;+2/p-1. The van der Waals surface area contributed by atoms with E-state index in [-0.39, 0.29) is 0 Å². The van der Waals surface area contributed by atoms with Gasteiger partial charge in [0.1, 0.15) is 0 Å². The Morgan fingerprint density at radius 2 is 1.92 bits per heavy atom. The van der Waals surface area contributed by atoms with Crippen LogP contribution in [0.1, 0.15) is 39.0 Å². The molecule has 62 valence electrons. The fourth-order valence-corrected chi connectivity index (χ4v) is 0.747. The summed E-state index contributed by atoms with van der Waals surface area (Å²) in [6.45, 7) is 2.19. The summed E-state index contributed by atoms with van der Waals surface area (Å²) in [6.07, 6.45) is 12.4. The van der Waals surface area contributed by atoms with Gasteiger partial charge in [0.05, 0.1) is 0 Å². The van der Waals surface area contributed by atoms with E-state index in [0.29, 0.717) is 0 Å². The minimum atomic E-state index is 0.923. The zero-order chi connectivity index (χ0) is 9.66. The molecule has 0 unspecified atom stereocenters. The van der Waals surface area contributed by atoms with Gasteiger partial charge >= 0.3 is 30.0 Å². The quantitative estimate of drug-likeness (QED) is 0.320. The Labute approximate surface area is 92.9 Å². The fraction of sp³-hybridized carbons (Fsp3) is 0.600. The first-order chi connectivity index (χ1) is 5.91. The summed E-state index contributed by atoms with van der Waals surface area (Å²) >= 11 is 4.25. The zero-order valence-corrected chi connectivity index (χ0v) is 12.2. The number of hydrogen-bond acceptors (Lipinski definition) is 0. The van der Waals surface area contributed by atoms with Crippen molar-refractivity contribution in [2.45, 2.75) is 39.0 Å². The molecule has 12 heavy (non-hydrogen) atoms. The molecule has 0 aromatic rings. The predicted molar refractivity (Wildman–Crippen MR) is 52.6 cm³/mol. The van der Waals surface area contributed by atoms with Crippen molar-refractivity contribution < 1.29 is 16.3 Å². The average Bonchev–Trinajstić information content (AvgIpc) is 2.15. The van der Waals surface area contributed by atoms with Crippen LogP contribution in [0.15, 0.2) is 0 Å². The Morgan fingerprint density at radius 3 is 2.42 bits per heavy atom. The Bertz CT molecular complexity index is 159. The van der Waals surface area contributed by atoms with Gasteiger partial charge in [0.15, 0.2) is 0 Å². The van der Waals surface area contributed by atoms with E-state index < -0.39 is 0 Å². The third-order valence-corrected chi connectivity index (χ3v) is 1.31. The average molecular weight is 279 g/mol. The molecule has 0 radical (unpaired) electrons. The van der Waals surface area contributed by atoms with E-state index in [9.17, 15) is 0 Å². The van der Waals surface area contributed by atoms with E-state index >= 15 is 0 Å². The molecule has 0 aliphatic rings. The zero-order valence-electron chi connectivity index (χ0n) is 7.62. The number of rotatable bonds is 4.